The highest BCUT2D eigenvalue weighted by Gasteiger charge is 2.29. The normalized spacial score (nSPS) is 15.5. The van der Waals surface area contributed by atoms with Crippen molar-refractivity contribution in [2.75, 3.05) is 13.1 Å². The highest BCUT2D eigenvalue weighted by Crippen LogP contribution is 2.45. The van der Waals surface area contributed by atoms with Crippen molar-refractivity contribution >= 4 is 61.6 Å². The number of nitrogens with zero attached hydrogens (tertiary/aromatic N) is 4. The lowest BCUT2D eigenvalue weighted by molar-refractivity contribution is 0.904. The number of imidazole rings is 1. The molecule has 0 amide bonds. The van der Waals surface area contributed by atoms with Crippen LogP contribution >= 0.6 is 11.8 Å². The summed E-state index contributed by atoms with van der Waals surface area (Å²) >= 11 is 1.83. The van der Waals surface area contributed by atoms with E-state index < -0.39 is 0 Å². The van der Waals surface area contributed by atoms with Crippen molar-refractivity contribution in [1.82, 2.24) is 30.2 Å². The van der Waals surface area contributed by atoms with E-state index in [2.05, 4.69) is 118 Å². The van der Waals surface area contributed by atoms with Gasteiger partial charge < -0.3 is 10.6 Å². The van der Waals surface area contributed by atoms with E-state index in [0.29, 0.717) is 6.54 Å². The first kappa shape index (κ1) is 27.2. The Labute approximate surface area is 281 Å². The van der Waals surface area contributed by atoms with Crippen molar-refractivity contribution in [3.05, 3.63) is 155 Å². The minimum atomic E-state index is 0.667. The second-order valence-electron chi connectivity index (χ2n) is 12.2. The largest absolute Gasteiger partial charge is 0.385 e. The first-order valence-corrected chi connectivity index (χ1v) is 16.9. The van der Waals surface area contributed by atoms with Crippen LogP contribution in [-0.2, 0) is 0 Å². The smallest absolute Gasteiger partial charge is 0.144 e. The number of allylic oxidation sites excluding steroid dienone is 2. The van der Waals surface area contributed by atoms with Crippen LogP contribution in [0.4, 0.5) is 0 Å². The summed E-state index contributed by atoms with van der Waals surface area (Å²) in [5.74, 6) is 1.00. The number of hydrogen-bond acceptors (Lipinski definition) is 6. The summed E-state index contributed by atoms with van der Waals surface area (Å²) in [5, 5.41) is 9.49. The summed E-state index contributed by atoms with van der Waals surface area (Å²) in [6.07, 6.45) is 10.3. The molecule has 6 heterocycles. The van der Waals surface area contributed by atoms with Gasteiger partial charge >= 0.3 is 0 Å². The molecule has 0 radical (unpaired) electrons. The Morgan fingerprint density at radius 1 is 0.667 bits per heavy atom. The van der Waals surface area contributed by atoms with E-state index in [9.17, 15) is 0 Å². The fourth-order valence-electron chi connectivity index (χ4n) is 7.15. The summed E-state index contributed by atoms with van der Waals surface area (Å²) in [4.78, 5) is 17.2. The van der Waals surface area contributed by atoms with E-state index in [0.717, 1.165) is 78.7 Å². The maximum absolute atomic E-state index is 5.17. The number of fused-ring (bicyclic) bond motifs is 7. The van der Waals surface area contributed by atoms with Crippen molar-refractivity contribution in [3.8, 4) is 22.3 Å². The van der Waals surface area contributed by atoms with Crippen LogP contribution in [0, 0.1) is 0 Å². The molecular weight excluding hydrogens is 609 g/mol. The van der Waals surface area contributed by atoms with E-state index in [1.54, 1.807) is 0 Å². The van der Waals surface area contributed by atoms with Crippen molar-refractivity contribution in [2.45, 2.75) is 0 Å². The van der Waals surface area contributed by atoms with Gasteiger partial charge in [0.1, 0.15) is 5.82 Å². The Morgan fingerprint density at radius 3 is 2.10 bits per heavy atom. The van der Waals surface area contributed by atoms with Gasteiger partial charge in [-0.05, 0) is 77.5 Å². The van der Waals surface area contributed by atoms with Crippen LogP contribution in [0.25, 0.3) is 72.1 Å². The number of benzene rings is 4. The van der Waals surface area contributed by atoms with Crippen LogP contribution in [-0.4, -0.2) is 32.6 Å². The van der Waals surface area contributed by atoms with Gasteiger partial charge in [-0.25, -0.2) is 4.98 Å². The standard InChI is InChI=1S/C41H28N6S/c1-2-14-35-33(13-1)46-41-32-23-45-34(22-38(32)48-37-15-18-42-24-36(37)47(35)41)29-20-27(30-11-3-7-25-9-5-16-43-39(25)30)19-28(21-29)31-12-4-8-26-10-6-17-44-40(26)31/h1-22,42,45H,23-24H2. The van der Waals surface area contributed by atoms with Gasteiger partial charge in [-0.1, -0.05) is 72.4 Å². The quantitative estimate of drug-likeness (QED) is 0.202. The molecule has 0 atom stereocenters. The molecule has 48 heavy (non-hydrogen) atoms. The summed E-state index contributed by atoms with van der Waals surface area (Å²) in [7, 11) is 0. The van der Waals surface area contributed by atoms with Crippen LogP contribution in [0.3, 0.4) is 0 Å². The average molecular weight is 637 g/mol. The van der Waals surface area contributed by atoms with Gasteiger partial charge in [0.15, 0.2) is 0 Å². The zero-order valence-corrected chi connectivity index (χ0v) is 26.6. The lowest BCUT2D eigenvalue weighted by Gasteiger charge is -2.22. The maximum Gasteiger partial charge on any atom is 0.144 e. The molecule has 10 rings (SSSR count). The third kappa shape index (κ3) is 4.32. The molecule has 0 aliphatic carbocycles. The fraction of sp³-hybridized carbons (Fsp3) is 0.0488. The molecule has 0 bridgehead atoms. The highest BCUT2D eigenvalue weighted by molar-refractivity contribution is 8.07. The molecule has 3 aliphatic rings. The number of rotatable bonds is 3. The zero-order valence-electron chi connectivity index (χ0n) is 25.8. The highest BCUT2D eigenvalue weighted by atomic mass is 32.2. The van der Waals surface area contributed by atoms with Crippen molar-refractivity contribution in [1.29, 1.82) is 0 Å². The summed E-state index contributed by atoms with van der Waals surface area (Å²) in [6.45, 7) is 1.42. The molecule has 0 unspecified atom stereocenters. The van der Waals surface area contributed by atoms with E-state index in [1.165, 1.54) is 21.1 Å². The Bertz CT molecular complexity index is 2500. The van der Waals surface area contributed by atoms with Crippen molar-refractivity contribution < 1.29 is 0 Å². The molecular formula is C41H28N6S. The second-order valence-corrected chi connectivity index (χ2v) is 13.3. The first-order chi connectivity index (χ1) is 23.8. The average Bonchev–Trinajstić information content (AvgIpc) is 3.47. The third-order valence-corrected chi connectivity index (χ3v) is 10.6. The van der Waals surface area contributed by atoms with E-state index in [-0.39, 0.29) is 0 Å². The molecule has 0 fully saturated rings. The second kappa shape index (κ2) is 10.8. The van der Waals surface area contributed by atoms with E-state index in [4.69, 9.17) is 15.0 Å². The van der Waals surface area contributed by atoms with E-state index in [1.807, 2.05) is 42.5 Å². The maximum atomic E-state index is 5.17. The van der Waals surface area contributed by atoms with Gasteiger partial charge in [-0.2, -0.15) is 0 Å². The number of aromatic nitrogens is 4. The lowest BCUT2D eigenvalue weighted by atomic mass is 9.92. The van der Waals surface area contributed by atoms with Crippen LogP contribution in [0.1, 0.15) is 11.4 Å². The van der Waals surface area contributed by atoms with Crippen LogP contribution in [0.5, 0.6) is 0 Å². The molecule has 3 aromatic heterocycles. The van der Waals surface area contributed by atoms with Crippen LogP contribution in [0.2, 0.25) is 0 Å². The SMILES string of the molecule is C1=CC2=C(CN1)n1c(nc3ccccc31)C1=C(C=C(c3cc(-c4cccc5cccnc45)cc(-c4cccc5cccnc45)c3)NC1)S2. The van der Waals surface area contributed by atoms with Gasteiger partial charge in [0, 0.05) is 61.9 Å². The molecule has 0 saturated heterocycles. The Kier molecular flexibility index (Phi) is 6.14. The minimum absolute atomic E-state index is 0.667. The number of pyridine rings is 2. The summed E-state index contributed by atoms with van der Waals surface area (Å²) in [5.41, 5.74) is 13.2. The molecule has 2 N–H and O–H groups in total. The molecule has 4 aromatic carbocycles. The predicted molar refractivity (Wildman–Crippen MR) is 198 cm³/mol. The van der Waals surface area contributed by atoms with Gasteiger partial charge in [0.2, 0.25) is 0 Å². The number of nitrogens with one attached hydrogen (secondary N) is 2. The molecule has 6 nitrogen and oxygen atoms in total. The van der Waals surface area contributed by atoms with Gasteiger partial charge in [-0.15, -0.1) is 0 Å². The Hall–Kier alpha value is -5.92. The Morgan fingerprint density at radius 2 is 1.35 bits per heavy atom. The molecule has 228 valence electrons. The van der Waals surface area contributed by atoms with Gasteiger partial charge in [-0.3, -0.25) is 14.5 Å². The summed E-state index contributed by atoms with van der Waals surface area (Å²) < 4.78 is 2.34. The Balaban J connectivity index is 1.19. The van der Waals surface area contributed by atoms with Crippen LogP contribution in [0.15, 0.2) is 144 Å². The topological polar surface area (TPSA) is 67.7 Å². The van der Waals surface area contributed by atoms with Crippen LogP contribution < -0.4 is 10.6 Å². The fourth-order valence-corrected chi connectivity index (χ4v) is 8.27. The molecule has 7 aromatic rings. The first-order valence-electron chi connectivity index (χ1n) is 16.1. The number of para-hydroxylation sites is 4. The minimum Gasteiger partial charge on any atom is -0.385 e. The third-order valence-electron chi connectivity index (χ3n) is 9.39. The predicted octanol–water partition coefficient (Wildman–Crippen LogP) is 8.85. The van der Waals surface area contributed by atoms with Gasteiger partial charge in [0.05, 0.1) is 34.3 Å². The zero-order chi connectivity index (χ0) is 31.6. The number of thioether (sulfide) groups is 1. The molecule has 7 heteroatoms. The number of dihydropyridines is 2. The lowest BCUT2D eigenvalue weighted by Crippen LogP contribution is -2.22. The molecule has 3 aliphatic heterocycles. The van der Waals surface area contributed by atoms with Gasteiger partial charge in [0.25, 0.3) is 0 Å². The number of hydrogen-bond donors (Lipinski definition) is 2. The molecule has 0 spiro atoms. The van der Waals surface area contributed by atoms with Crippen molar-refractivity contribution in [2.24, 2.45) is 0 Å². The summed E-state index contributed by atoms with van der Waals surface area (Å²) in [6, 6.07) is 36.4. The van der Waals surface area contributed by atoms with Crippen molar-refractivity contribution in [3.63, 3.8) is 0 Å². The molecule has 0 saturated carbocycles. The van der Waals surface area contributed by atoms with E-state index >= 15 is 0 Å². The monoisotopic (exact) mass is 636 g/mol.